The number of hydrogen-bond acceptors (Lipinski definition) is 4. The zero-order valence-electron chi connectivity index (χ0n) is 17.0. The Labute approximate surface area is 178 Å². The van der Waals surface area contributed by atoms with Gasteiger partial charge in [0.25, 0.3) is 5.91 Å². The van der Waals surface area contributed by atoms with Crippen molar-refractivity contribution in [3.63, 3.8) is 0 Å². The third-order valence-electron chi connectivity index (χ3n) is 5.20. The standard InChI is InChI=1S/C23H28N2O4S/c26-22(18-30(28,29)16-6-9-19-7-2-1-3-8-19)24-17-20-10-12-21(13-11-20)23(27)25-14-4-5-15-25/h1-3,7-8,10-13H,4-6,9,14-18H2,(H,24,26). The number of nitrogens with one attached hydrogen (secondary N) is 1. The number of sulfone groups is 1. The SMILES string of the molecule is O=C(CS(=O)(=O)CCCc1ccccc1)NCc1ccc(C(=O)N2CCCC2)cc1. The summed E-state index contributed by atoms with van der Waals surface area (Å²) in [6.07, 6.45) is 3.26. The Hall–Kier alpha value is -2.67. The van der Waals surface area contributed by atoms with Gasteiger partial charge in [-0.2, -0.15) is 0 Å². The molecule has 2 aromatic carbocycles. The van der Waals surface area contributed by atoms with Crippen molar-refractivity contribution in [1.29, 1.82) is 0 Å². The van der Waals surface area contributed by atoms with Crippen molar-refractivity contribution in [3.8, 4) is 0 Å². The highest BCUT2D eigenvalue weighted by atomic mass is 32.2. The molecular formula is C23H28N2O4S. The van der Waals surface area contributed by atoms with Crippen molar-refractivity contribution in [2.24, 2.45) is 0 Å². The van der Waals surface area contributed by atoms with Crippen LogP contribution in [-0.4, -0.2) is 49.7 Å². The van der Waals surface area contributed by atoms with E-state index in [2.05, 4.69) is 5.32 Å². The summed E-state index contributed by atoms with van der Waals surface area (Å²) >= 11 is 0. The molecule has 1 saturated heterocycles. The average Bonchev–Trinajstić information content (AvgIpc) is 3.27. The third kappa shape index (κ3) is 6.69. The molecule has 0 saturated carbocycles. The topological polar surface area (TPSA) is 83.5 Å². The van der Waals surface area contributed by atoms with E-state index in [1.165, 1.54) is 0 Å². The summed E-state index contributed by atoms with van der Waals surface area (Å²) in [5, 5.41) is 2.65. The molecule has 6 nitrogen and oxygen atoms in total. The minimum atomic E-state index is -3.45. The Morgan fingerprint density at radius 2 is 1.57 bits per heavy atom. The molecule has 0 bridgehead atoms. The molecule has 30 heavy (non-hydrogen) atoms. The number of likely N-dealkylation sites (tertiary alicyclic amines) is 1. The summed E-state index contributed by atoms with van der Waals surface area (Å²) in [6, 6.07) is 16.8. The molecule has 3 rings (SSSR count). The van der Waals surface area contributed by atoms with Gasteiger partial charge in [0.15, 0.2) is 9.84 Å². The second-order valence-corrected chi connectivity index (χ2v) is 9.84. The molecule has 0 aliphatic carbocycles. The lowest BCUT2D eigenvalue weighted by molar-refractivity contribution is -0.118. The number of amides is 2. The number of benzene rings is 2. The lowest BCUT2D eigenvalue weighted by Crippen LogP contribution is -2.31. The average molecular weight is 429 g/mol. The molecule has 0 spiro atoms. The van der Waals surface area contributed by atoms with E-state index in [1.54, 1.807) is 24.3 Å². The summed E-state index contributed by atoms with van der Waals surface area (Å²) in [5.74, 6) is -0.993. The van der Waals surface area contributed by atoms with Gasteiger partial charge in [0, 0.05) is 25.2 Å². The predicted molar refractivity (Wildman–Crippen MR) is 117 cm³/mol. The van der Waals surface area contributed by atoms with E-state index in [4.69, 9.17) is 0 Å². The normalized spacial score (nSPS) is 13.9. The summed E-state index contributed by atoms with van der Waals surface area (Å²) in [7, 11) is -3.45. The van der Waals surface area contributed by atoms with Crippen LogP contribution in [0, 0.1) is 0 Å². The molecule has 0 atom stereocenters. The second kappa shape index (κ2) is 10.4. The van der Waals surface area contributed by atoms with E-state index in [9.17, 15) is 18.0 Å². The Balaban J connectivity index is 1.41. The van der Waals surface area contributed by atoms with Crippen LogP contribution in [-0.2, 0) is 27.6 Å². The van der Waals surface area contributed by atoms with Crippen LogP contribution in [0.3, 0.4) is 0 Å². The fourth-order valence-corrected chi connectivity index (χ4v) is 4.76. The van der Waals surface area contributed by atoms with Crippen LogP contribution in [0.15, 0.2) is 54.6 Å². The fraction of sp³-hybridized carbons (Fsp3) is 0.391. The molecule has 160 valence electrons. The largest absolute Gasteiger partial charge is 0.351 e. The molecular weight excluding hydrogens is 400 g/mol. The van der Waals surface area contributed by atoms with Crippen LogP contribution in [0.2, 0.25) is 0 Å². The maximum Gasteiger partial charge on any atom is 0.253 e. The molecule has 0 unspecified atom stereocenters. The van der Waals surface area contributed by atoms with Gasteiger partial charge in [0.1, 0.15) is 5.75 Å². The van der Waals surface area contributed by atoms with Crippen LogP contribution in [0.4, 0.5) is 0 Å². The van der Waals surface area contributed by atoms with Crippen LogP contribution >= 0.6 is 0 Å². The van der Waals surface area contributed by atoms with E-state index in [0.29, 0.717) is 18.4 Å². The summed E-state index contributed by atoms with van der Waals surface area (Å²) in [6.45, 7) is 1.84. The van der Waals surface area contributed by atoms with Crippen LogP contribution in [0.5, 0.6) is 0 Å². The molecule has 1 N–H and O–H groups in total. The monoisotopic (exact) mass is 428 g/mol. The van der Waals surface area contributed by atoms with Gasteiger partial charge < -0.3 is 10.2 Å². The number of hydrogen-bond donors (Lipinski definition) is 1. The molecule has 2 amide bonds. The van der Waals surface area contributed by atoms with Gasteiger partial charge in [-0.1, -0.05) is 42.5 Å². The molecule has 0 radical (unpaired) electrons. The molecule has 1 aliphatic rings. The van der Waals surface area contributed by atoms with E-state index >= 15 is 0 Å². The van der Waals surface area contributed by atoms with Crippen LogP contribution in [0.1, 0.15) is 40.7 Å². The number of nitrogens with zero attached hydrogens (tertiary/aromatic N) is 1. The van der Waals surface area contributed by atoms with Crippen molar-refractivity contribution in [3.05, 3.63) is 71.3 Å². The van der Waals surface area contributed by atoms with Gasteiger partial charge in [0.05, 0.1) is 5.75 Å². The van der Waals surface area contributed by atoms with Crippen LogP contribution in [0.25, 0.3) is 0 Å². The summed E-state index contributed by atoms with van der Waals surface area (Å²) < 4.78 is 24.4. The minimum Gasteiger partial charge on any atom is -0.351 e. The molecule has 1 aliphatic heterocycles. The van der Waals surface area contributed by atoms with Gasteiger partial charge in [-0.15, -0.1) is 0 Å². The lowest BCUT2D eigenvalue weighted by atomic mass is 10.1. The Kier molecular flexibility index (Phi) is 7.63. The van der Waals surface area contributed by atoms with Crippen molar-refractivity contribution in [1.82, 2.24) is 10.2 Å². The van der Waals surface area contributed by atoms with Gasteiger partial charge in [-0.3, -0.25) is 9.59 Å². The van der Waals surface area contributed by atoms with Gasteiger partial charge in [-0.25, -0.2) is 8.42 Å². The van der Waals surface area contributed by atoms with Gasteiger partial charge in [0.2, 0.25) is 5.91 Å². The van der Waals surface area contributed by atoms with Crippen LogP contribution < -0.4 is 5.32 Å². The third-order valence-corrected chi connectivity index (χ3v) is 6.81. The highest BCUT2D eigenvalue weighted by Gasteiger charge is 2.19. The first kappa shape index (κ1) is 22.0. The molecule has 7 heteroatoms. The van der Waals surface area contributed by atoms with Gasteiger partial charge in [-0.05, 0) is 48.9 Å². The van der Waals surface area contributed by atoms with E-state index in [1.807, 2.05) is 35.2 Å². The minimum absolute atomic E-state index is 0.0113. The first-order valence-electron chi connectivity index (χ1n) is 10.3. The second-order valence-electron chi connectivity index (χ2n) is 7.65. The Morgan fingerprint density at radius 1 is 0.900 bits per heavy atom. The molecule has 2 aromatic rings. The summed E-state index contributed by atoms with van der Waals surface area (Å²) in [5.41, 5.74) is 2.54. The maximum atomic E-state index is 12.3. The van der Waals surface area contributed by atoms with E-state index in [0.717, 1.165) is 37.1 Å². The highest BCUT2D eigenvalue weighted by molar-refractivity contribution is 7.92. The van der Waals surface area contributed by atoms with Gasteiger partial charge >= 0.3 is 0 Å². The predicted octanol–water partition coefficient (Wildman–Crippen LogP) is 2.59. The Bertz CT molecular complexity index is 950. The molecule has 1 fully saturated rings. The Morgan fingerprint density at radius 3 is 2.23 bits per heavy atom. The number of aryl methyl sites for hydroxylation is 1. The summed E-state index contributed by atoms with van der Waals surface area (Å²) in [4.78, 5) is 26.3. The fourth-order valence-electron chi connectivity index (χ4n) is 3.53. The van der Waals surface area contributed by atoms with E-state index in [-0.39, 0.29) is 18.2 Å². The number of carbonyl (C=O) groups is 2. The lowest BCUT2D eigenvalue weighted by Gasteiger charge is -2.15. The van der Waals surface area contributed by atoms with E-state index < -0.39 is 21.5 Å². The quantitative estimate of drug-likeness (QED) is 0.665. The first-order chi connectivity index (χ1) is 14.4. The zero-order chi connectivity index (χ0) is 21.4. The molecule has 0 aromatic heterocycles. The number of rotatable bonds is 9. The van der Waals surface area contributed by atoms with Crippen molar-refractivity contribution in [2.75, 3.05) is 24.6 Å². The van der Waals surface area contributed by atoms with Crippen molar-refractivity contribution >= 4 is 21.7 Å². The maximum absolute atomic E-state index is 12.3. The van der Waals surface area contributed by atoms with Crippen molar-refractivity contribution in [2.45, 2.75) is 32.2 Å². The first-order valence-corrected chi connectivity index (χ1v) is 12.1. The number of carbonyl (C=O) groups excluding carboxylic acids is 2. The zero-order valence-corrected chi connectivity index (χ0v) is 17.9. The van der Waals surface area contributed by atoms with Crippen molar-refractivity contribution < 1.29 is 18.0 Å². The molecule has 1 heterocycles. The smallest absolute Gasteiger partial charge is 0.253 e. The highest BCUT2D eigenvalue weighted by Crippen LogP contribution is 2.13.